The summed E-state index contributed by atoms with van der Waals surface area (Å²) in [6.45, 7) is 4.51. The highest BCUT2D eigenvalue weighted by Crippen LogP contribution is 2.38. The average Bonchev–Trinajstić information content (AvgIpc) is 2.96. The van der Waals surface area contributed by atoms with Crippen LogP contribution in [0.5, 0.6) is 0 Å². The largest absolute Gasteiger partial charge is 0.378 e. The summed E-state index contributed by atoms with van der Waals surface area (Å²) in [4.78, 5) is 41.5. The van der Waals surface area contributed by atoms with Gasteiger partial charge in [-0.2, -0.15) is 0 Å². The van der Waals surface area contributed by atoms with Crippen molar-refractivity contribution in [3.05, 3.63) is 24.3 Å². The number of hydrogen-bond donors (Lipinski definition) is 2. The number of nitrogens with one attached hydrogen (secondary N) is 2. The maximum Gasteiger partial charge on any atom is 0.325 e. The van der Waals surface area contributed by atoms with E-state index in [-0.39, 0.29) is 24.3 Å². The molecule has 2 atom stereocenters. The van der Waals surface area contributed by atoms with E-state index in [1.165, 1.54) is 0 Å². The van der Waals surface area contributed by atoms with Gasteiger partial charge in [-0.25, -0.2) is 4.79 Å². The van der Waals surface area contributed by atoms with E-state index in [9.17, 15) is 14.4 Å². The SMILES string of the molecule is C[C@@H]1CCCC[C@@]12NC(=O)N(CC(=O)Nc1ccccc1N1CCOCC1)C2=O. The number of urea groups is 1. The minimum Gasteiger partial charge on any atom is -0.378 e. The maximum atomic E-state index is 13.0. The lowest BCUT2D eigenvalue weighted by Crippen LogP contribution is -2.54. The molecule has 0 radical (unpaired) electrons. The number of benzene rings is 1. The molecule has 0 bridgehead atoms. The summed E-state index contributed by atoms with van der Waals surface area (Å²) in [6.07, 6.45) is 3.50. The molecule has 4 rings (SSSR count). The summed E-state index contributed by atoms with van der Waals surface area (Å²) < 4.78 is 5.40. The number of carbonyl (C=O) groups is 3. The molecular weight excluding hydrogens is 372 g/mol. The van der Waals surface area contributed by atoms with Gasteiger partial charge >= 0.3 is 6.03 Å². The molecule has 8 heteroatoms. The molecule has 4 amide bonds. The third kappa shape index (κ3) is 3.69. The zero-order chi connectivity index (χ0) is 20.4. The summed E-state index contributed by atoms with van der Waals surface area (Å²) in [6, 6.07) is 7.09. The molecule has 2 saturated heterocycles. The Morgan fingerprint density at radius 1 is 1.24 bits per heavy atom. The number of anilines is 2. The molecule has 1 aliphatic carbocycles. The zero-order valence-corrected chi connectivity index (χ0v) is 16.8. The van der Waals surface area contributed by atoms with Crippen LogP contribution in [0.2, 0.25) is 0 Å². The van der Waals surface area contributed by atoms with E-state index >= 15 is 0 Å². The number of carbonyl (C=O) groups excluding carboxylic acids is 3. The molecular formula is C21H28N4O4. The van der Waals surface area contributed by atoms with Gasteiger partial charge in [-0.3, -0.25) is 14.5 Å². The van der Waals surface area contributed by atoms with Crippen LogP contribution in [-0.4, -0.2) is 61.1 Å². The molecule has 1 aromatic rings. The van der Waals surface area contributed by atoms with E-state index in [0.29, 0.717) is 25.3 Å². The fraction of sp³-hybridized carbons (Fsp3) is 0.571. The van der Waals surface area contributed by atoms with E-state index in [1.54, 1.807) is 0 Å². The van der Waals surface area contributed by atoms with Crippen molar-refractivity contribution in [2.45, 2.75) is 38.1 Å². The average molecular weight is 400 g/mol. The van der Waals surface area contributed by atoms with Gasteiger partial charge in [-0.05, 0) is 30.9 Å². The van der Waals surface area contributed by atoms with E-state index in [2.05, 4.69) is 15.5 Å². The third-order valence-electron chi connectivity index (χ3n) is 6.33. The van der Waals surface area contributed by atoms with Gasteiger partial charge in [0.05, 0.1) is 24.6 Å². The summed E-state index contributed by atoms with van der Waals surface area (Å²) in [5, 5.41) is 5.77. The number of morpholine rings is 1. The van der Waals surface area contributed by atoms with Crippen LogP contribution in [0.25, 0.3) is 0 Å². The highest BCUT2D eigenvalue weighted by molar-refractivity contribution is 6.10. The lowest BCUT2D eigenvalue weighted by molar-refractivity contribution is -0.136. The lowest BCUT2D eigenvalue weighted by atomic mass is 9.73. The Kier molecular flexibility index (Phi) is 5.45. The molecule has 3 aliphatic rings. The van der Waals surface area contributed by atoms with Gasteiger partial charge in [0.1, 0.15) is 12.1 Å². The number of imide groups is 1. The fourth-order valence-corrected chi connectivity index (χ4v) is 4.63. The Balaban J connectivity index is 1.45. The van der Waals surface area contributed by atoms with Gasteiger partial charge in [0.25, 0.3) is 5.91 Å². The minimum absolute atomic E-state index is 0.0720. The van der Waals surface area contributed by atoms with Crippen LogP contribution >= 0.6 is 0 Å². The normalized spacial score (nSPS) is 27.3. The molecule has 29 heavy (non-hydrogen) atoms. The summed E-state index contributed by atoms with van der Waals surface area (Å²) in [7, 11) is 0. The van der Waals surface area contributed by atoms with E-state index < -0.39 is 11.6 Å². The first kappa shape index (κ1) is 19.7. The Morgan fingerprint density at radius 2 is 2.00 bits per heavy atom. The van der Waals surface area contributed by atoms with Gasteiger partial charge in [-0.1, -0.05) is 31.9 Å². The Morgan fingerprint density at radius 3 is 2.76 bits per heavy atom. The van der Waals surface area contributed by atoms with Gasteiger partial charge < -0.3 is 20.3 Å². The Labute approximate surface area is 170 Å². The number of rotatable bonds is 4. The molecule has 2 heterocycles. The molecule has 0 unspecified atom stereocenters. The lowest BCUT2D eigenvalue weighted by Gasteiger charge is -2.36. The standard InChI is InChI=1S/C21H28N4O4/c1-15-6-4-5-9-21(15)19(27)25(20(28)23-21)14-18(26)22-16-7-2-3-8-17(16)24-10-12-29-13-11-24/h2-3,7-8,15H,4-6,9-14H2,1H3,(H,22,26)(H,23,28)/t15-,21-/m1/s1. The number of ether oxygens (including phenoxy) is 1. The van der Waals surface area contributed by atoms with Gasteiger partial charge in [0.2, 0.25) is 5.91 Å². The Hall–Kier alpha value is -2.61. The van der Waals surface area contributed by atoms with Crippen molar-refractivity contribution in [2.24, 2.45) is 5.92 Å². The van der Waals surface area contributed by atoms with Crippen LogP contribution in [0.15, 0.2) is 24.3 Å². The fourth-order valence-electron chi connectivity index (χ4n) is 4.63. The Bertz CT molecular complexity index is 808. The van der Waals surface area contributed by atoms with Crippen LogP contribution in [-0.2, 0) is 14.3 Å². The van der Waals surface area contributed by atoms with Crippen molar-refractivity contribution in [3.63, 3.8) is 0 Å². The predicted molar refractivity (Wildman–Crippen MR) is 109 cm³/mol. The van der Waals surface area contributed by atoms with Crippen molar-refractivity contribution in [2.75, 3.05) is 43.1 Å². The molecule has 0 aromatic heterocycles. The van der Waals surface area contributed by atoms with E-state index in [0.717, 1.165) is 42.9 Å². The highest BCUT2D eigenvalue weighted by Gasteiger charge is 2.55. The van der Waals surface area contributed by atoms with Crippen LogP contribution in [0.3, 0.4) is 0 Å². The maximum absolute atomic E-state index is 13.0. The van der Waals surface area contributed by atoms with Crippen molar-refractivity contribution in [1.82, 2.24) is 10.2 Å². The molecule has 156 valence electrons. The van der Waals surface area contributed by atoms with Crippen LogP contribution in [0.4, 0.5) is 16.2 Å². The summed E-state index contributed by atoms with van der Waals surface area (Å²) in [5.41, 5.74) is 0.743. The number of para-hydroxylation sites is 2. The smallest absolute Gasteiger partial charge is 0.325 e. The molecule has 1 spiro atoms. The van der Waals surface area contributed by atoms with Crippen LogP contribution < -0.4 is 15.5 Å². The van der Waals surface area contributed by atoms with Crippen molar-refractivity contribution in [3.8, 4) is 0 Å². The molecule has 2 aliphatic heterocycles. The van der Waals surface area contributed by atoms with Gasteiger partial charge in [0.15, 0.2) is 0 Å². The topological polar surface area (TPSA) is 91.0 Å². The van der Waals surface area contributed by atoms with Gasteiger partial charge in [-0.15, -0.1) is 0 Å². The number of nitrogens with zero attached hydrogens (tertiary/aromatic N) is 2. The van der Waals surface area contributed by atoms with Gasteiger partial charge in [0, 0.05) is 13.1 Å². The first-order valence-corrected chi connectivity index (χ1v) is 10.4. The molecule has 3 fully saturated rings. The first-order chi connectivity index (χ1) is 14.0. The van der Waals surface area contributed by atoms with E-state index in [4.69, 9.17) is 4.74 Å². The van der Waals surface area contributed by atoms with Crippen LogP contribution in [0, 0.1) is 5.92 Å². The predicted octanol–water partition coefficient (Wildman–Crippen LogP) is 1.96. The number of hydrogen-bond acceptors (Lipinski definition) is 5. The second-order valence-electron chi connectivity index (χ2n) is 8.10. The quantitative estimate of drug-likeness (QED) is 0.754. The molecule has 8 nitrogen and oxygen atoms in total. The zero-order valence-electron chi connectivity index (χ0n) is 16.8. The second kappa shape index (κ2) is 8.02. The molecule has 2 N–H and O–H groups in total. The van der Waals surface area contributed by atoms with Crippen molar-refractivity contribution >= 4 is 29.2 Å². The van der Waals surface area contributed by atoms with E-state index in [1.807, 2.05) is 31.2 Å². The first-order valence-electron chi connectivity index (χ1n) is 10.4. The molecule has 1 aromatic carbocycles. The summed E-state index contributed by atoms with van der Waals surface area (Å²) in [5.74, 6) is -0.580. The highest BCUT2D eigenvalue weighted by atomic mass is 16.5. The summed E-state index contributed by atoms with van der Waals surface area (Å²) >= 11 is 0. The second-order valence-corrected chi connectivity index (χ2v) is 8.10. The molecule has 1 saturated carbocycles. The monoisotopic (exact) mass is 400 g/mol. The minimum atomic E-state index is -0.846. The number of amides is 4. The third-order valence-corrected chi connectivity index (χ3v) is 6.33. The van der Waals surface area contributed by atoms with Crippen LogP contribution in [0.1, 0.15) is 32.6 Å². The van der Waals surface area contributed by atoms with Crippen molar-refractivity contribution < 1.29 is 19.1 Å². The van der Waals surface area contributed by atoms with Crippen molar-refractivity contribution in [1.29, 1.82) is 0 Å².